The van der Waals surface area contributed by atoms with Crippen LogP contribution in [0.3, 0.4) is 0 Å². The summed E-state index contributed by atoms with van der Waals surface area (Å²) in [5.74, 6) is 1.25. The van der Waals surface area contributed by atoms with Crippen LogP contribution in [0.5, 0.6) is 11.6 Å². The molecule has 0 aliphatic heterocycles. The van der Waals surface area contributed by atoms with Crippen LogP contribution in [0.1, 0.15) is 5.56 Å². The number of hydrogen-bond acceptors (Lipinski definition) is 3. The molecule has 0 saturated heterocycles. The fourth-order valence-electron chi connectivity index (χ4n) is 1.29. The van der Waals surface area contributed by atoms with Gasteiger partial charge in [-0.1, -0.05) is 11.6 Å². The van der Waals surface area contributed by atoms with Crippen LogP contribution in [0.15, 0.2) is 36.5 Å². The van der Waals surface area contributed by atoms with Crippen LogP contribution in [-0.2, 0) is 0 Å². The first-order chi connectivity index (χ1) is 7.65. The second-order valence-corrected chi connectivity index (χ2v) is 3.88. The van der Waals surface area contributed by atoms with Crippen LogP contribution in [0.2, 0.25) is 5.02 Å². The summed E-state index contributed by atoms with van der Waals surface area (Å²) in [6.45, 7) is 1.93. The Bertz CT molecular complexity index is 497. The Balaban J connectivity index is 2.23. The molecule has 1 aromatic heterocycles. The minimum Gasteiger partial charge on any atom is -0.439 e. The SMILES string of the molecule is Cc1cc(Cl)ccc1Oc1ccc(N)cn1. The van der Waals surface area contributed by atoms with Gasteiger partial charge in [-0.05, 0) is 36.8 Å². The van der Waals surface area contributed by atoms with Crippen molar-refractivity contribution in [3.8, 4) is 11.6 Å². The maximum atomic E-state index is 5.85. The summed E-state index contributed by atoms with van der Waals surface area (Å²) in [7, 11) is 0. The van der Waals surface area contributed by atoms with Crippen LogP contribution in [0.4, 0.5) is 5.69 Å². The molecule has 0 aliphatic rings. The molecule has 1 aromatic carbocycles. The van der Waals surface area contributed by atoms with Crippen molar-refractivity contribution in [2.75, 3.05) is 5.73 Å². The number of aromatic nitrogens is 1. The molecule has 0 amide bonds. The summed E-state index contributed by atoms with van der Waals surface area (Å²) < 4.78 is 5.59. The highest BCUT2D eigenvalue weighted by atomic mass is 35.5. The fourth-order valence-corrected chi connectivity index (χ4v) is 1.52. The number of benzene rings is 1. The molecular weight excluding hydrogens is 224 g/mol. The Morgan fingerprint density at radius 1 is 1.25 bits per heavy atom. The lowest BCUT2D eigenvalue weighted by Gasteiger charge is -2.07. The Kier molecular flexibility index (Phi) is 2.97. The molecule has 0 unspecified atom stereocenters. The van der Waals surface area contributed by atoms with Gasteiger partial charge in [0.2, 0.25) is 5.88 Å². The molecule has 82 valence electrons. The number of anilines is 1. The molecule has 0 fully saturated rings. The third-order valence-electron chi connectivity index (χ3n) is 2.11. The summed E-state index contributed by atoms with van der Waals surface area (Å²) >= 11 is 5.85. The van der Waals surface area contributed by atoms with Crippen molar-refractivity contribution < 1.29 is 4.74 Å². The summed E-state index contributed by atoms with van der Waals surface area (Å²) in [6, 6.07) is 8.90. The number of rotatable bonds is 2. The molecule has 4 heteroatoms. The molecule has 0 bridgehead atoms. The van der Waals surface area contributed by atoms with Gasteiger partial charge < -0.3 is 10.5 Å². The number of aryl methyl sites for hydroxylation is 1. The van der Waals surface area contributed by atoms with E-state index in [-0.39, 0.29) is 0 Å². The third-order valence-corrected chi connectivity index (χ3v) is 2.35. The zero-order chi connectivity index (χ0) is 11.5. The van der Waals surface area contributed by atoms with Crippen molar-refractivity contribution in [1.29, 1.82) is 0 Å². The Morgan fingerprint density at radius 3 is 2.69 bits per heavy atom. The van der Waals surface area contributed by atoms with Gasteiger partial charge in [0.15, 0.2) is 0 Å². The average molecular weight is 235 g/mol. The van der Waals surface area contributed by atoms with Crippen molar-refractivity contribution in [1.82, 2.24) is 4.98 Å². The van der Waals surface area contributed by atoms with Gasteiger partial charge >= 0.3 is 0 Å². The Morgan fingerprint density at radius 2 is 2.06 bits per heavy atom. The summed E-state index contributed by atoms with van der Waals surface area (Å²) in [6.07, 6.45) is 1.56. The Hall–Kier alpha value is -1.74. The first-order valence-electron chi connectivity index (χ1n) is 4.81. The van der Waals surface area contributed by atoms with E-state index in [1.807, 2.05) is 19.1 Å². The second kappa shape index (κ2) is 4.41. The van der Waals surface area contributed by atoms with Crippen molar-refractivity contribution >= 4 is 17.3 Å². The highest BCUT2D eigenvalue weighted by Gasteiger charge is 2.02. The van der Waals surface area contributed by atoms with E-state index in [1.54, 1.807) is 24.4 Å². The van der Waals surface area contributed by atoms with Crippen molar-refractivity contribution in [2.45, 2.75) is 6.92 Å². The molecule has 2 aromatic rings. The maximum Gasteiger partial charge on any atom is 0.219 e. The number of nitrogen functional groups attached to an aromatic ring is 1. The van der Waals surface area contributed by atoms with Gasteiger partial charge in [0.05, 0.1) is 11.9 Å². The zero-order valence-electron chi connectivity index (χ0n) is 8.77. The first-order valence-corrected chi connectivity index (χ1v) is 5.18. The fraction of sp³-hybridized carbons (Fsp3) is 0.0833. The molecule has 0 aliphatic carbocycles. The largest absolute Gasteiger partial charge is 0.439 e. The van der Waals surface area contributed by atoms with Crippen LogP contribution in [0, 0.1) is 6.92 Å². The van der Waals surface area contributed by atoms with Gasteiger partial charge in [-0.15, -0.1) is 0 Å². The van der Waals surface area contributed by atoms with E-state index < -0.39 is 0 Å². The van der Waals surface area contributed by atoms with Crippen LogP contribution in [0.25, 0.3) is 0 Å². The van der Waals surface area contributed by atoms with Gasteiger partial charge in [0.25, 0.3) is 0 Å². The van der Waals surface area contributed by atoms with Crippen molar-refractivity contribution in [3.05, 3.63) is 47.1 Å². The number of ether oxygens (including phenoxy) is 1. The monoisotopic (exact) mass is 234 g/mol. The van der Waals surface area contributed by atoms with Crippen molar-refractivity contribution in [2.24, 2.45) is 0 Å². The third kappa shape index (κ3) is 2.44. The molecule has 1 heterocycles. The van der Waals surface area contributed by atoms with E-state index in [9.17, 15) is 0 Å². The number of nitrogens with zero attached hydrogens (tertiary/aromatic N) is 1. The lowest BCUT2D eigenvalue weighted by atomic mass is 10.2. The number of pyridine rings is 1. The minimum atomic E-state index is 0.514. The van der Waals surface area contributed by atoms with E-state index in [0.29, 0.717) is 16.6 Å². The van der Waals surface area contributed by atoms with E-state index >= 15 is 0 Å². The van der Waals surface area contributed by atoms with Crippen LogP contribution < -0.4 is 10.5 Å². The van der Waals surface area contributed by atoms with E-state index in [0.717, 1.165) is 11.3 Å². The quantitative estimate of drug-likeness (QED) is 0.866. The molecule has 0 saturated carbocycles. The molecule has 2 rings (SSSR count). The molecule has 0 spiro atoms. The average Bonchev–Trinajstić information content (AvgIpc) is 2.25. The maximum absolute atomic E-state index is 5.85. The van der Waals surface area contributed by atoms with E-state index in [2.05, 4.69) is 4.98 Å². The molecule has 2 N–H and O–H groups in total. The lowest BCUT2D eigenvalue weighted by molar-refractivity contribution is 0.459. The minimum absolute atomic E-state index is 0.514. The van der Waals surface area contributed by atoms with E-state index in [1.165, 1.54) is 0 Å². The Labute approximate surface area is 98.8 Å². The van der Waals surface area contributed by atoms with Crippen molar-refractivity contribution in [3.63, 3.8) is 0 Å². The van der Waals surface area contributed by atoms with Crippen LogP contribution >= 0.6 is 11.6 Å². The molecular formula is C12H11ClN2O. The topological polar surface area (TPSA) is 48.1 Å². The van der Waals surface area contributed by atoms with Crippen LogP contribution in [-0.4, -0.2) is 4.98 Å². The zero-order valence-corrected chi connectivity index (χ0v) is 9.53. The second-order valence-electron chi connectivity index (χ2n) is 3.44. The normalized spacial score (nSPS) is 10.1. The predicted molar refractivity (Wildman–Crippen MR) is 64.9 cm³/mol. The van der Waals surface area contributed by atoms with Gasteiger partial charge in [-0.3, -0.25) is 0 Å². The first kappa shape index (κ1) is 10.8. The summed E-state index contributed by atoms with van der Waals surface area (Å²) in [4.78, 5) is 4.06. The molecule has 16 heavy (non-hydrogen) atoms. The predicted octanol–water partition coefficient (Wildman–Crippen LogP) is 3.42. The number of halogens is 1. The number of nitrogens with two attached hydrogens (primary N) is 1. The smallest absolute Gasteiger partial charge is 0.219 e. The number of hydrogen-bond donors (Lipinski definition) is 1. The molecule has 3 nitrogen and oxygen atoms in total. The highest BCUT2D eigenvalue weighted by molar-refractivity contribution is 6.30. The molecule has 0 atom stereocenters. The molecule has 0 radical (unpaired) electrons. The van der Waals surface area contributed by atoms with E-state index in [4.69, 9.17) is 22.1 Å². The standard InChI is InChI=1S/C12H11ClN2O/c1-8-6-9(13)2-4-11(8)16-12-5-3-10(14)7-15-12/h2-7H,14H2,1H3. The highest BCUT2D eigenvalue weighted by Crippen LogP contribution is 2.26. The van der Waals surface area contributed by atoms with Gasteiger partial charge in [-0.2, -0.15) is 0 Å². The summed E-state index contributed by atoms with van der Waals surface area (Å²) in [5, 5.41) is 0.690. The van der Waals surface area contributed by atoms with Gasteiger partial charge in [-0.25, -0.2) is 4.98 Å². The van der Waals surface area contributed by atoms with Gasteiger partial charge in [0.1, 0.15) is 5.75 Å². The summed E-state index contributed by atoms with van der Waals surface area (Å²) in [5.41, 5.74) is 7.11. The van der Waals surface area contributed by atoms with Gasteiger partial charge in [0, 0.05) is 11.1 Å². The lowest BCUT2D eigenvalue weighted by Crippen LogP contribution is -1.91.